The van der Waals surface area contributed by atoms with E-state index in [1.165, 1.54) is 13.3 Å². The summed E-state index contributed by atoms with van der Waals surface area (Å²) < 4.78 is 11.7. The van der Waals surface area contributed by atoms with Crippen molar-refractivity contribution in [2.45, 2.75) is 31.5 Å². The molecular formula is C11H16N2O6. The molecule has 0 aromatic carbocycles. The number of nitrogens with zero attached hydrogens (tertiary/aromatic N) is 1. The number of aliphatic hydroxyl groups is 2. The molecule has 8 nitrogen and oxygen atoms in total. The molecule has 0 bridgehead atoms. The molecule has 1 aromatic rings. The van der Waals surface area contributed by atoms with Crippen molar-refractivity contribution in [1.29, 1.82) is 0 Å². The van der Waals surface area contributed by atoms with Crippen LogP contribution >= 0.6 is 0 Å². The summed E-state index contributed by atoms with van der Waals surface area (Å²) in [6.45, 7) is 1.15. The lowest BCUT2D eigenvalue weighted by Gasteiger charge is -2.20. The van der Waals surface area contributed by atoms with Crippen LogP contribution in [0.3, 0.4) is 0 Å². The van der Waals surface area contributed by atoms with Gasteiger partial charge in [0.1, 0.15) is 18.3 Å². The largest absolute Gasteiger partial charge is 0.394 e. The van der Waals surface area contributed by atoms with Crippen molar-refractivity contribution in [3.8, 4) is 0 Å². The van der Waals surface area contributed by atoms with Crippen molar-refractivity contribution in [3.63, 3.8) is 0 Å². The minimum Gasteiger partial charge on any atom is -0.394 e. The van der Waals surface area contributed by atoms with E-state index in [1.54, 1.807) is 6.92 Å². The maximum atomic E-state index is 11.8. The summed E-state index contributed by atoms with van der Waals surface area (Å²) in [5.74, 6) is 0. The molecule has 3 N–H and O–H groups in total. The number of rotatable bonds is 3. The molecule has 8 heteroatoms. The van der Waals surface area contributed by atoms with E-state index in [0.29, 0.717) is 5.56 Å². The fraction of sp³-hybridized carbons (Fsp3) is 0.636. The highest BCUT2D eigenvalue weighted by molar-refractivity contribution is 5.03. The zero-order valence-corrected chi connectivity index (χ0v) is 10.6. The van der Waals surface area contributed by atoms with E-state index in [1.807, 2.05) is 0 Å². The summed E-state index contributed by atoms with van der Waals surface area (Å²) in [6.07, 6.45) is -2.27. The van der Waals surface area contributed by atoms with Gasteiger partial charge in [-0.25, -0.2) is 4.79 Å². The van der Waals surface area contributed by atoms with Crippen molar-refractivity contribution in [2.75, 3.05) is 13.7 Å². The molecule has 0 amide bonds. The Labute approximate surface area is 108 Å². The van der Waals surface area contributed by atoms with E-state index in [0.717, 1.165) is 4.57 Å². The van der Waals surface area contributed by atoms with Crippen molar-refractivity contribution in [3.05, 3.63) is 32.6 Å². The van der Waals surface area contributed by atoms with Gasteiger partial charge in [0.25, 0.3) is 5.56 Å². The zero-order valence-electron chi connectivity index (χ0n) is 10.6. The summed E-state index contributed by atoms with van der Waals surface area (Å²) in [5.41, 5.74) is -0.805. The van der Waals surface area contributed by atoms with E-state index in [4.69, 9.17) is 14.6 Å². The summed E-state index contributed by atoms with van der Waals surface area (Å²) in [7, 11) is 1.37. The predicted octanol–water partition coefficient (Wildman–Crippen LogP) is -1.89. The zero-order chi connectivity index (χ0) is 14.2. The molecule has 1 saturated heterocycles. The highest BCUT2D eigenvalue weighted by atomic mass is 16.6. The first-order chi connectivity index (χ1) is 8.99. The quantitative estimate of drug-likeness (QED) is 0.593. The van der Waals surface area contributed by atoms with E-state index in [9.17, 15) is 14.7 Å². The topological polar surface area (TPSA) is 114 Å². The molecule has 1 fully saturated rings. The SMILES string of the molecule is CO[C@H]1[C@H](O)[C@@H](CO)O[C@H]1n1cc(C)c(=O)[nH]c1=O. The second kappa shape index (κ2) is 5.25. The second-order valence-electron chi connectivity index (χ2n) is 4.42. The molecule has 0 radical (unpaired) electrons. The molecule has 4 atom stereocenters. The lowest BCUT2D eigenvalue weighted by molar-refractivity contribution is -0.0626. The Morgan fingerprint density at radius 3 is 2.79 bits per heavy atom. The fourth-order valence-electron chi connectivity index (χ4n) is 2.12. The minimum absolute atomic E-state index is 0.333. The van der Waals surface area contributed by atoms with Crippen LogP contribution < -0.4 is 11.2 Å². The first-order valence-electron chi connectivity index (χ1n) is 5.78. The van der Waals surface area contributed by atoms with Crippen LogP contribution in [0.4, 0.5) is 0 Å². The van der Waals surface area contributed by atoms with E-state index in [2.05, 4.69) is 4.98 Å². The van der Waals surface area contributed by atoms with Gasteiger partial charge in [-0.2, -0.15) is 0 Å². The highest BCUT2D eigenvalue weighted by Gasteiger charge is 2.45. The van der Waals surface area contributed by atoms with Gasteiger partial charge < -0.3 is 19.7 Å². The van der Waals surface area contributed by atoms with Crippen LogP contribution in [-0.2, 0) is 9.47 Å². The van der Waals surface area contributed by atoms with Gasteiger partial charge in [0.05, 0.1) is 6.61 Å². The van der Waals surface area contributed by atoms with E-state index < -0.39 is 42.4 Å². The van der Waals surface area contributed by atoms with Crippen LogP contribution in [0.1, 0.15) is 11.8 Å². The molecule has 106 valence electrons. The average Bonchev–Trinajstić information content (AvgIpc) is 2.70. The lowest BCUT2D eigenvalue weighted by Crippen LogP contribution is -2.39. The van der Waals surface area contributed by atoms with Crippen LogP contribution in [0.15, 0.2) is 15.8 Å². The molecule has 2 heterocycles. The molecule has 0 unspecified atom stereocenters. The number of aryl methyl sites for hydroxylation is 1. The Balaban J connectivity index is 2.44. The fourth-order valence-corrected chi connectivity index (χ4v) is 2.12. The Kier molecular flexibility index (Phi) is 3.85. The highest BCUT2D eigenvalue weighted by Crippen LogP contribution is 2.30. The molecule has 0 spiro atoms. The Morgan fingerprint density at radius 2 is 2.21 bits per heavy atom. The molecule has 1 aromatic heterocycles. The van der Waals surface area contributed by atoms with Gasteiger partial charge in [0.2, 0.25) is 0 Å². The number of hydrogen-bond donors (Lipinski definition) is 3. The number of H-pyrrole nitrogens is 1. The molecular weight excluding hydrogens is 256 g/mol. The van der Waals surface area contributed by atoms with Crippen LogP contribution in [-0.4, -0.2) is 51.8 Å². The maximum absolute atomic E-state index is 11.8. The van der Waals surface area contributed by atoms with Gasteiger partial charge in [-0.05, 0) is 6.92 Å². The summed E-state index contributed by atoms with van der Waals surface area (Å²) in [6, 6.07) is 0. The van der Waals surface area contributed by atoms with Crippen molar-refractivity contribution in [1.82, 2.24) is 9.55 Å². The van der Waals surface area contributed by atoms with E-state index >= 15 is 0 Å². The molecule has 0 saturated carbocycles. The molecule has 1 aliphatic rings. The third-order valence-corrected chi connectivity index (χ3v) is 3.18. The summed E-state index contributed by atoms with van der Waals surface area (Å²) in [4.78, 5) is 25.2. The van der Waals surface area contributed by atoms with Gasteiger partial charge in [-0.1, -0.05) is 0 Å². The Morgan fingerprint density at radius 1 is 1.53 bits per heavy atom. The van der Waals surface area contributed by atoms with Crippen molar-refractivity contribution in [2.24, 2.45) is 0 Å². The third kappa shape index (κ3) is 2.35. The predicted molar refractivity (Wildman–Crippen MR) is 63.9 cm³/mol. The Hall–Kier alpha value is -1.48. The average molecular weight is 272 g/mol. The number of ether oxygens (including phenoxy) is 2. The van der Waals surface area contributed by atoms with E-state index in [-0.39, 0.29) is 0 Å². The smallest absolute Gasteiger partial charge is 0.330 e. The van der Waals surface area contributed by atoms with Gasteiger partial charge in [-0.15, -0.1) is 0 Å². The van der Waals surface area contributed by atoms with Crippen LogP contribution in [0.5, 0.6) is 0 Å². The van der Waals surface area contributed by atoms with Crippen LogP contribution in [0, 0.1) is 6.92 Å². The maximum Gasteiger partial charge on any atom is 0.330 e. The van der Waals surface area contributed by atoms with Crippen LogP contribution in [0.2, 0.25) is 0 Å². The normalized spacial score (nSPS) is 30.7. The van der Waals surface area contributed by atoms with Gasteiger partial charge in [0.15, 0.2) is 6.23 Å². The van der Waals surface area contributed by atoms with Crippen molar-refractivity contribution < 1.29 is 19.7 Å². The summed E-state index contributed by atoms with van der Waals surface area (Å²) in [5, 5.41) is 19.0. The second-order valence-corrected chi connectivity index (χ2v) is 4.42. The monoisotopic (exact) mass is 272 g/mol. The molecule has 0 aliphatic carbocycles. The van der Waals surface area contributed by atoms with Crippen molar-refractivity contribution >= 4 is 0 Å². The lowest BCUT2D eigenvalue weighted by atomic mass is 10.1. The molecule has 2 rings (SSSR count). The Bertz CT molecular complexity index is 565. The van der Waals surface area contributed by atoms with Crippen LogP contribution in [0.25, 0.3) is 0 Å². The molecule has 19 heavy (non-hydrogen) atoms. The number of methoxy groups -OCH3 is 1. The number of nitrogens with one attached hydrogen (secondary N) is 1. The minimum atomic E-state index is -1.06. The number of aromatic nitrogens is 2. The first kappa shape index (κ1) is 13.9. The van der Waals surface area contributed by atoms with Gasteiger partial charge >= 0.3 is 5.69 Å². The number of hydrogen-bond acceptors (Lipinski definition) is 6. The first-order valence-corrected chi connectivity index (χ1v) is 5.78. The van der Waals surface area contributed by atoms with Gasteiger partial charge in [-0.3, -0.25) is 14.3 Å². The third-order valence-electron chi connectivity index (χ3n) is 3.18. The standard InChI is InChI=1S/C11H16N2O6/c1-5-3-13(11(17)12-9(5)16)10-8(18-2)7(15)6(4-14)19-10/h3,6-8,10,14-15H,4H2,1-2H3,(H,12,16,17)/t6-,7-,8+,10-/m1/s1. The number of aliphatic hydroxyl groups excluding tert-OH is 2. The summed E-state index contributed by atoms with van der Waals surface area (Å²) >= 11 is 0. The molecule has 1 aliphatic heterocycles. The number of aromatic amines is 1. The van der Waals surface area contributed by atoms with Gasteiger partial charge in [0, 0.05) is 18.9 Å².